The highest BCUT2D eigenvalue weighted by Gasteiger charge is 2.30. The van der Waals surface area contributed by atoms with Crippen LogP contribution < -0.4 is 15.4 Å². The van der Waals surface area contributed by atoms with Crippen LogP contribution >= 0.6 is 23.4 Å². The minimum Gasteiger partial charge on any atom is -0.494 e. The number of hydrogen-bond acceptors (Lipinski definition) is 6. The van der Waals surface area contributed by atoms with Crippen LogP contribution in [0.1, 0.15) is 32.3 Å². The molecule has 1 saturated heterocycles. The van der Waals surface area contributed by atoms with Gasteiger partial charge in [0.1, 0.15) is 11.0 Å². The van der Waals surface area contributed by atoms with Gasteiger partial charge in [-0.25, -0.2) is 0 Å². The summed E-state index contributed by atoms with van der Waals surface area (Å²) in [4.78, 5) is 24.7. The third-order valence-electron chi connectivity index (χ3n) is 4.31. The Labute approximate surface area is 190 Å². The molecule has 0 spiro atoms. The van der Waals surface area contributed by atoms with Gasteiger partial charge in [-0.2, -0.15) is 5.10 Å². The zero-order valence-electron chi connectivity index (χ0n) is 17.2. The van der Waals surface area contributed by atoms with Crippen molar-refractivity contribution in [3.05, 3.63) is 59.1 Å². The summed E-state index contributed by atoms with van der Waals surface area (Å²) in [5.41, 5.74) is 2.16. The number of amidine groups is 1. The van der Waals surface area contributed by atoms with Gasteiger partial charge in [-0.1, -0.05) is 42.4 Å². The number of anilines is 1. The minimum absolute atomic E-state index is 0.0626. The highest BCUT2D eigenvalue weighted by Crippen LogP contribution is 2.23. The quantitative estimate of drug-likeness (QED) is 0.473. The minimum atomic E-state index is -0.602. The Morgan fingerprint density at radius 3 is 2.61 bits per heavy atom. The fraction of sp³-hybridized carbons (Fsp3) is 0.273. The van der Waals surface area contributed by atoms with E-state index >= 15 is 0 Å². The van der Waals surface area contributed by atoms with Crippen molar-refractivity contribution in [1.29, 1.82) is 0 Å². The predicted molar refractivity (Wildman–Crippen MR) is 126 cm³/mol. The molecule has 7 nitrogen and oxygen atoms in total. The lowest BCUT2D eigenvalue weighted by molar-refractivity contribution is -0.123. The average molecular weight is 459 g/mol. The summed E-state index contributed by atoms with van der Waals surface area (Å²) >= 11 is 7.07. The van der Waals surface area contributed by atoms with Gasteiger partial charge in [0, 0.05) is 17.1 Å². The van der Waals surface area contributed by atoms with E-state index in [1.807, 2.05) is 19.1 Å². The number of thioether (sulfide) groups is 1. The predicted octanol–water partition coefficient (Wildman–Crippen LogP) is 4.47. The number of halogens is 1. The standard InChI is InChI=1S/C22H23ClN4O3S/c1-3-12-30-18-10-8-17(9-11-18)24-21(29)19-13-20(28)25-22(31-19)27-26-14(2)15-4-6-16(23)7-5-15/h4-11,19H,3,12-13H2,1-2H3,(H,24,29)(H,25,27,28)/b26-14+/t19-/m1/s1. The molecule has 1 atom stereocenters. The van der Waals surface area contributed by atoms with Crippen molar-refractivity contribution in [2.24, 2.45) is 10.2 Å². The van der Waals surface area contributed by atoms with Crippen LogP contribution in [0, 0.1) is 0 Å². The molecule has 0 aromatic heterocycles. The first-order valence-electron chi connectivity index (χ1n) is 9.83. The second-order valence-electron chi connectivity index (χ2n) is 6.82. The van der Waals surface area contributed by atoms with Gasteiger partial charge in [-0.3, -0.25) is 9.59 Å². The van der Waals surface area contributed by atoms with E-state index in [1.54, 1.807) is 43.3 Å². The number of ether oxygens (including phenoxy) is 1. The van der Waals surface area contributed by atoms with Crippen molar-refractivity contribution in [3.8, 4) is 5.75 Å². The molecule has 2 amide bonds. The summed E-state index contributed by atoms with van der Waals surface area (Å²) in [6.45, 7) is 4.48. The van der Waals surface area contributed by atoms with Crippen LogP contribution in [0.25, 0.3) is 0 Å². The van der Waals surface area contributed by atoms with Gasteiger partial charge in [0.2, 0.25) is 11.8 Å². The van der Waals surface area contributed by atoms with E-state index < -0.39 is 5.25 Å². The highest BCUT2D eigenvalue weighted by molar-refractivity contribution is 8.15. The van der Waals surface area contributed by atoms with E-state index in [1.165, 1.54) is 11.8 Å². The molecule has 31 heavy (non-hydrogen) atoms. The molecule has 1 aliphatic rings. The van der Waals surface area contributed by atoms with E-state index in [4.69, 9.17) is 16.3 Å². The van der Waals surface area contributed by atoms with E-state index in [-0.39, 0.29) is 23.4 Å². The topological polar surface area (TPSA) is 92.1 Å². The first kappa shape index (κ1) is 22.8. The van der Waals surface area contributed by atoms with E-state index in [9.17, 15) is 9.59 Å². The van der Waals surface area contributed by atoms with Crippen molar-refractivity contribution in [1.82, 2.24) is 5.32 Å². The molecule has 0 aliphatic carbocycles. The van der Waals surface area contributed by atoms with E-state index in [0.29, 0.717) is 23.0 Å². The van der Waals surface area contributed by atoms with Gasteiger partial charge in [0.05, 0.1) is 12.3 Å². The zero-order valence-corrected chi connectivity index (χ0v) is 18.8. The van der Waals surface area contributed by atoms with Crippen molar-refractivity contribution >= 4 is 51.7 Å². The highest BCUT2D eigenvalue weighted by atomic mass is 35.5. The molecule has 1 aliphatic heterocycles. The first-order valence-corrected chi connectivity index (χ1v) is 11.1. The Kier molecular flexibility index (Phi) is 8.08. The Hall–Kier alpha value is -2.84. The number of carbonyl (C=O) groups is 2. The summed E-state index contributed by atoms with van der Waals surface area (Å²) in [5, 5.41) is 14.1. The second-order valence-corrected chi connectivity index (χ2v) is 8.45. The smallest absolute Gasteiger partial charge is 0.238 e. The maximum atomic E-state index is 12.7. The van der Waals surface area contributed by atoms with E-state index in [0.717, 1.165) is 17.7 Å². The molecule has 0 bridgehead atoms. The molecule has 3 rings (SSSR count). The maximum absolute atomic E-state index is 12.7. The first-order chi connectivity index (χ1) is 14.9. The van der Waals surface area contributed by atoms with Crippen LogP contribution in [0.4, 0.5) is 5.69 Å². The van der Waals surface area contributed by atoms with Crippen LogP contribution in [0.2, 0.25) is 5.02 Å². The number of nitrogens with one attached hydrogen (secondary N) is 2. The van der Waals surface area contributed by atoms with Gasteiger partial charge in [-0.15, -0.1) is 5.10 Å². The fourth-order valence-corrected chi connectivity index (χ4v) is 3.74. The van der Waals surface area contributed by atoms with Crippen LogP contribution in [0.5, 0.6) is 5.75 Å². The SMILES string of the molecule is CCCOc1ccc(NC(=O)[C@H]2CC(=O)N/C(=N\N=C(/C)c3ccc(Cl)cc3)S2)cc1. The summed E-state index contributed by atoms with van der Waals surface area (Å²) in [6, 6.07) is 14.3. The molecule has 162 valence electrons. The largest absolute Gasteiger partial charge is 0.494 e. The molecule has 0 radical (unpaired) electrons. The van der Waals surface area contributed by atoms with Crippen molar-refractivity contribution in [2.75, 3.05) is 11.9 Å². The molecule has 2 aromatic carbocycles. The van der Waals surface area contributed by atoms with E-state index in [2.05, 4.69) is 20.8 Å². The summed E-state index contributed by atoms with van der Waals surface area (Å²) < 4.78 is 5.54. The van der Waals surface area contributed by atoms with Crippen LogP contribution in [0.3, 0.4) is 0 Å². The Morgan fingerprint density at radius 1 is 1.23 bits per heavy atom. The molecule has 1 fully saturated rings. The number of hydrogen-bond donors (Lipinski definition) is 2. The lowest BCUT2D eigenvalue weighted by Crippen LogP contribution is -2.41. The Bertz CT molecular complexity index is 991. The monoisotopic (exact) mass is 458 g/mol. The van der Waals surface area contributed by atoms with Gasteiger partial charge in [-0.05, 0) is 55.3 Å². The van der Waals surface area contributed by atoms with Gasteiger partial charge < -0.3 is 15.4 Å². The molecular formula is C22H23ClN4O3S. The van der Waals surface area contributed by atoms with Crippen LogP contribution in [-0.2, 0) is 9.59 Å². The molecule has 0 unspecified atom stereocenters. The second kappa shape index (κ2) is 11.0. The number of amides is 2. The van der Waals surface area contributed by atoms with Crippen molar-refractivity contribution in [3.63, 3.8) is 0 Å². The normalized spacial score (nSPS) is 17.9. The van der Waals surface area contributed by atoms with Crippen LogP contribution in [0.15, 0.2) is 58.7 Å². The zero-order chi connectivity index (χ0) is 22.2. The van der Waals surface area contributed by atoms with Gasteiger partial charge in [0.15, 0.2) is 5.17 Å². The molecule has 9 heteroatoms. The fourth-order valence-electron chi connectivity index (χ4n) is 2.69. The third-order valence-corrected chi connectivity index (χ3v) is 5.64. The third kappa shape index (κ3) is 6.83. The molecule has 2 N–H and O–H groups in total. The number of benzene rings is 2. The Morgan fingerprint density at radius 2 is 1.94 bits per heavy atom. The summed E-state index contributed by atoms with van der Waals surface area (Å²) in [7, 11) is 0. The van der Waals surface area contributed by atoms with Crippen molar-refractivity contribution < 1.29 is 14.3 Å². The summed E-state index contributed by atoms with van der Waals surface area (Å²) in [6.07, 6.45) is 0.986. The van der Waals surface area contributed by atoms with Crippen molar-refractivity contribution in [2.45, 2.75) is 31.9 Å². The summed E-state index contributed by atoms with van der Waals surface area (Å²) in [5.74, 6) is 0.197. The Balaban J connectivity index is 1.63. The average Bonchev–Trinajstić information content (AvgIpc) is 2.77. The molecular weight excluding hydrogens is 436 g/mol. The van der Waals surface area contributed by atoms with Crippen LogP contribution in [-0.4, -0.2) is 34.6 Å². The molecule has 2 aromatic rings. The molecule has 0 saturated carbocycles. The van der Waals surface area contributed by atoms with Gasteiger partial charge >= 0.3 is 0 Å². The lowest BCUT2D eigenvalue weighted by atomic mass is 10.1. The maximum Gasteiger partial charge on any atom is 0.238 e. The molecule has 1 heterocycles. The number of rotatable bonds is 7. The number of carbonyl (C=O) groups excluding carboxylic acids is 2. The number of nitrogens with zero attached hydrogens (tertiary/aromatic N) is 2. The van der Waals surface area contributed by atoms with Gasteiger partial charge in [0.25, 0.3) is 0 Å². The lowest BCUT2D eigenvalue weighted by Gasteiger charge is -2.21.